The molecule has 2 aliphatic rings. The van der Waals surface area contributed by atoms with Crippen LogP contribution in [-0.2, 0) is 9.47 Å². The Bertz CT molecular complexity index is 184. The minimum absolute atomic E-state index is 0.0938. The summed E-state index contributed by atoms with van der Waals surface area (Å²) in [4.78, 5) is 0. The molecule has 2 atom stereocenters. The number of hydrogen-bond acceptors (Lipinski definition) is 3. The normalized spacial score (nSPS) is 36.2. The van der Waals surface area contributed by atoms with E-state index in [1.165, 1.54) is 25.7 Å². The Balaban J connectivity index is 1.54. The van der Waals surface area contributed by atoms with Gasteiger partial charge in [0.1, 0.15) is 0 Å². The maximum absolute atomic E-state index is 5.72. The lowest BCUT2D eigenvalue weighted by molar-refractivity contribution is 0.0199. The Kier molecular flexibility index (Phi) is 4.00. The van der Waals surface area contributed by atoms with Crippen LogP contribution in [0.2, 0.25) is 0 Å². The van der Waals surface area contributed by atoms with E-state index < -0.39 is 0 Å². The van der Waals surface area contributed by atoms with Crippen LogP contribution in [0.3, 0.4) is 0 Å². The summed E-state index contributed by atoms with van der Waals surface area (Å²) in [5.41, 5.74) is 0.0938. The molecule has 15 heavy (non-hydrogen) atoms. The van der Waals surface area contributed by atoms with Crippen LogP contribution in [0.5, 0.6) is 0 Å². The van der Waals surface area contributed by atoms with Gasteiger partial charge in [-0.1, -0.05) is 0 Å². The summed E-state index contributed by atoms with van der Waals surface area (Å²) in [5, 5.41) is 3.49. The minimum Gasteiger partial charge on any atom is -0.378 e. The van der Waals surface area contributed by atoms with E-state index in [-0.39, 0.29) is 5.60 Å². The van der Waals surface area contributed by atoms with Gasteiger partial charge in [0.15, 0.2) is 0 Å². The lowest BCUT2D eigenvalue weighted by Crippen LogP contribution is -2.38. The molecule has 2 fully saturated rings. The molecule has 2 saturated heterocycles. The molecule has 3 heteroatoms. The third-order valence-corrected chi connectivity index (χ3v) is 3.47. The summed E-state index contributed by atoms with van der Waals surface area (Å²) in [7, 11) is 0. The van der Waals surface area contributed by atoms with Crippen molar-refractivity contribution in [3.63, 3.8) is 0 Å². The van der Waals surface area contributed by atoms with Gasteiger partial charge in [-0.05, 0) is 45.6 Å². The van der Waals surface area contributed by atoms with E-state index in [1.807, 2.05) is 0 Å². The highest BCUT2D eigenvalue weighted by atomic mass is 16.5. The molecule has 2 rings (SSSR count). The molecule has 0 aromatic rings. The fourth-order valence-electron chi connectivity index (χ4n) is 2.46. The van der Waals surface area contributed by atoms with E-state index >= 15 is 0 Å². The fraction of sp³-hybridized carbons (Fsp3) is 1.00. The van der Waals surface area contributed by atoms with Gasteiger partial charge in [0.25, 0.3) is 0 Å². The Morgan fingerprint density at radius 1 is 1.33 bits per heavy atom. The largest absolute Gasteiger partial charge is 0.378 e. The highest BCUT2D eigenvalue weighted by Crippen LogP contribution is 2.23. The second-order valence-electron chi connectivity index (χ2n) is 5.00. The van der Waals surface area contributed by atoms with Crippen molar-refractivity contribution in [2.24, 2.45) is 0 Å². The van der Waals surface area contributed by atoms with E-state index in [4.69, 9.17) is 9.47 Å². The maximum Gasteiger partial charge on any atom is 0.0779 e. The second kappa shape index (κ2) is 5.28. The van der Waals surface area contributed by atoms with Crippen molar-refractivity contribution in [2.45, 2.75) is 50.7 Å². The molecule has 2 heterocycles. The van der Waals surface area contributed by atoms with Gasteiger partial charge in [-0.3, -0.25) is 0 Å². The molecule has 0 radical (unpaired) electrons. The maximum atomic E-state index is 5.72. The molecule has 1 N–H and O–H groups in total. The molecular weight excluding hydrogens is 190 g/mol. The van der Waals surface area contributed by atoms with Crippen LogP contribution in [0.25, 0.3) is 0 Å². The van der Waals surface area contributed by atoms with Crippen LogP contribution in [0.4, 0.5) is 0 Å². The molecule has 0 amide bonds. The molecular formula is C12H23NO2. The monoisotopic (exact) mass is 213 g/mol. The Labute approximate surface area is 92.5 Å². The molecule has 0 bridgehead atoms. The molecule has 2 aliphatic heterocycles. The fourth-order valence-corrected chi connectivity index (χ4v) is 2.46. The van der Waals surface area contributed by atoms with Gasteiger partial charge in [-0.15, -0.1) is 0 Å². The van der Waals surface area contributed by atoms with E-state index in [0.29, 0.717) is 6.10 Å². The summed E-state index contributed by atoms with van der Waals surface area (Å²) < 4.78 is 11.3. The highest BCUT2D eigenvalue weighted by molar-refractivity contribution is 4.82. The second-order valence-corrected chi connectivity index (χ2v) is 5.00. The van der Waals surface area contributed by atoms with Crippen molar-refractivity contribution in [1.29, 1.82) is 0 Å². The van der Waals surface area contributed by atoms with Gasteiger partial charge >= 0.3 is 0 Å². The summed E-state index contributed by atoms with van der Waals surface area (Å²) in [6.07, 6.45) is 6.55. The van der Waals surface area contributed by atoms with Crippen LogP contribution in [0, 0.1) is 0 Å². The zero-order valence-corrected chi connectivity index (χ0v) is 9.76. The lowest BCUT2D eigenvalue weighted by atomic mass is 10.0. The topological polar surface area (TPSA) is 30.5 Å². The summed E-state index contributed by atoms with van der Waals surface area (Å²) in [6.45, 7) is 6.15. The predicted molar refractivity (Wildman–Crippen MR) is 60.1 cm³/mol. The number of rotatable bonds is 5. The summed E-state index contributed by atoms with van der Waals surface area (Å²) >= 11 is 0. The molecule has 2 unspecified atom stereocenters. The SMILES string of the molecule is CC1(CNCCC2CCCO2)CCCO1. The first-order valence-electron chi connectivity index (χ1n) is 6.25. The average Bonchev–Trinajstić information content (AvgIpc) is 2.84. The van der Waals surface area contributed by atoms with Crippen molar-refractivity contribution in [3.8, 4) is 0 Å². The Morgan fingerprint density at radius 2 is 2.27 bits per heavy atom. The van der Waals surface area contributed by atoms with Crippen molar-refractivity contribution >= 4 is 0 Å². The van der Waals surface area contributed by atoms with Crippen molar-refractivity contribution < 1.29 is 9.47 Å². The van der Waals surface area contributed by atoms with Crippen molar-refractivity contribution in [2.75, 3.05) is 26.3 Å². The van der Waals surface area contributed by atoms with Gasteiger partial charge in [0.05, 0.1) is 11.7 Å². The summed E-state index contributed by atoms with van der Waals surface area (Å²) in [5.74, 6) is 0. The third-order valence-electron chi connectivity index (χ3n) is 3.47. The van der Waals surface area contributed by atoms with Gasteiger partial charge < -0.3 is 14.8 Å². The van der Waals surface area contributed by atoms with Crippen molar-refractivity contribution in [1.82, 2.24) is 5.32 Å². The predicted octanol–water partition coefficient (Wildman–Crippen LogP) is 1.71. The smallest absolute Gasteiger partial charge is 0.0779 e. The van der Waals surface area contributed by atoms with Crippen LogP contribution < -0.4 is 5.32 Å². The molecule has 0 aromatic carbocycles. The average molecular weight is 213 g/mol. The van der Waals surface area contributed by atoms with Crippen LogP contribution in [-0.4, -0.2) is 38.0 Å². The third kappa shape index (κ3) is 3.44. The standard InChI is InChI=1S/C12H23NO2/c1-12(6-3-9-15-12)10-13-7-5-11-4-2-8-14-11/h11,13H,2-10H2,1H3. The molecule has 0 aromatic heterocycles. The van der Waals surface area contributed by atoms with Crippen LogP contribution in [0.15, 0.2) is 0 Å². The first kappa shape index (κ1) is 11.4. The minimum atomic E-state index is 0.0938. The van der Waals surface area contributed by atoms with E-state index in [0.717, 1.165) is 32.7 Å². The van der Waals surface area contributed by atoms with Gasteiger partial charge in [0, 0.05) is 19.8 Å². The lowest BCUT2D eigenvalue weighted by Gasteiger charge is -2.23. The quantitative estimate of drug-likeness (QED) is 0.705. The van der Waals surface area contributed by atoms with E-state index in [2.05, 4.69) is 12.2 Å². The summed E-state index contributed by atoms with van der Waals surface area (Å²) in [6, 6.07) is 0. The van der Waals surface area contributed by atoms with Crippen molar-refractivity contribution in [3.05, 3.63) is 0 Å². The Hall–Kier alpha value is -0.120. The van der Waals surface area contributed by atoms with E-state index in [1.54, 1.807) is 0 Å². The molecule has 88 valence electrons. The first-order valence-corrected chi connectivity index (χ1v) is 6.25. The van der Waals surface area contributed by atoms with Crippen LogP contribution in [0.1, 0.15) is 39.0 Å². The van der Waals surface area contributed by atoms with Gasteiger partial charge in [-0.2, -0.15) is 0 Å². The molecule has 0 saturated carbocycles. The van der Waals surface area contributed by atoms with Gasteiger partial charge in [0.2, 0.25) is 0 Å². The Morgan fingerprint density at radius 3 is 2.93 bits per heavy atom. The first-order chi connectivity index (χ1) is 7.29. The molecule has 3 nitrogen and oxygen atoms in total. The zero-order chi connectivity index (χ0) is 10.6. The number of hydrogen-bond donors (Lipinski definition) is 1. The van der Waals surface area contributed by atoms with E-state index in [9.17, 15) is 0 Å². The number of nitrogens with one attached hydrogen (secondary N) is 1. The zero-order valence-electron chi connectivity index (χ0n) is 9.76. The van der Waals surface area contributed by atoms with Crippen LogP contribution >= 0.6 is 0 Å². The molecule has 0 spiro atoms. The van der Waals surface area contributed by atoms with Gasteiger partial charge in [-0.25, -0.2) is 0 Å². The molecule has 0 aliphatic carbocycles. The highest BCUT2D eigenvalue weighted by Gasteiger charge is 2.29. The number of ether oxygens (including phenoxy) is 2.